The number of carbonyl (C=O) groups excluding carboxylic acids is 2. The number of hydrogen-bond acceptors (Lipinski definition) is 4. The molecule has 1 unspecified atom stereocenters. The largest absolute Gasteiger partial charge is 0.496 e. The van der Waals surface area contributed by atoms with Gasteiger partial charge in [-0.05, 0) is 66.4 Å². The van der Waals surface area contributed by atoms with E-state index in [0.29, 0.717) is 24.5 Å². The molecule has 2 aliphatic rings. The van der Waals surface area contributed by atoms with Crippen molar-refractivity contribution in [1.29, 1.82) is 0 Å². The van der Waals surface area contributed by atoms with Gasteiger partial charge in [0.1, 0.15) is 11.4 Å². The molecule has 10 heteroatoms. The van der Waals surface area contributed by atoms with Crippen molar-refractivity contribution < 1.29 is 32.6 Å². The van der Waals surface area contributed by atoms with Gasteiger partial charge in [-0.2, -0.15) is 13.2 Å². The molecule has 1 fully saturated rings. The van der Waals surface area contributed by atoms with E-state index in [4.69, 9.17) is 4.74 Å². The average Bonchev–Trinajstić information content (AvgIpc) is 3.62. The van der Waals surface area contributed by atoms with Crippen LogP contribution in [0.15, 0.2) is 78.9 Å². The third kappa shape index (κ3) is 5.16. The number of alkyl halides is 3. The molecule has 2 aliphatic heterocycles. The summed E-state index contributed by atoms with van der Waals surface area (Å²) in [6.45, 7) is 1.04. The Kier molecular flexibility index (Phi) is 7.47. The number of likely N-dealkylation sites (tertiary alicyclic amines) is 1. The SMILES string of the molecule is COc1cc(C(=O)N2Cc3ccc(C(=O)N4CCCC4CO)n3Cc3ccccc32)ccc1-c1ccccc1C(F)(F)F. The first-order valence-corrected chi connectivity index (χ1v) is 14.1. The summed E-state index contributed by atoms with van der Waals surface area (Å²) in [5, 5.41) is 9.77. The molecule has 0 saturated carbocycles. The fourth-order valence-electron chi connectivity index (χ4n) is 6.14. The number of halogens is 3. The maximum absolute atomic E-state index is 14.1. The minimum absolute atomic E-state index is 0.0394. The van der Waals surface area contributed by atoms with Crippen molar-refractivity contribution in [2.75, 3.05) is 25.2 Å². The summed E-state index contributed by atoms with van der Waals surface area (Å²) < 4.78 is 48.7. The fourth-order valence-corrected chi connectivity index (χ4v) is 6.14. The molecule has 2 amide bonds. The predicted molar refractivity (Wildman–Crippen MR) is 155 cm³/mol. The smallest absolute Gasteiger partial charge is 0.417 e. The Morgan fingerprint density at radius 3 is 2.47 bits per heavy atom. The molecule has 0 bridgehead atoms. The first kappa shape index (κ1) is 28.5. The van der Waals surface area contributed by atoms with E-state index in [1.165, 1.54) is 43.5 Å². The molecule has 3 heterocycles. The van der Waals surface area contributed by atoms with E-state index in [1.54, 1.807) is 15.9 Å². The lowest BCUT2D eigenvalue weighted by Crippen LogP contribution is -2.38. The number of benzene rings is 3. The average molecular weight is 590 g/mol. The predicted octanol–water partition coefficient (Wildman–Crippen LogP) is 5.99. The summed E-state index contributed by atoms with van der Waals surface area (Å²) in [5.74, 6) is -0.366. The minimum atomic E-state index is -4.56. The van der Waals surface area contributed by atoms with Crippen molar-refractivity contribution in [3.63, 3.8) is 0 Å². The molecular weight excluding hydrogens is 559 g/mol. The Hall–Kier alpha value is -4.57. The Morgan fingerprint density at radius 1 is 0.930 bits per heavy atom. The standard InChI is InChI=1S/C33H30F3N3O4/c1-43-30-17-21(12-14-26(30)25-9-3-4-10-27(25)33(34,35)36)31(41)39-19-23-13-15-29(32(42)37-16-6-8-24(37)20-40)38(23)18-22-7-2-5-11-28(22)39/h2-5,7,9-15,17,24,40H,6,8,16,18-20H2,1H3. The second-order valence-electron chi connectivity index (χ2n) is 10.8. The van der Waals surface area contributed by atoms with Crippen LogP contribution in [0.25, 0.3) is 11.1 Å². The lowest BCUT2D eigenvalue weighted by Gasteiger charge is -2.24. The first-order valence-electron chi connectivity index (χ1n) is 14.1. The van der Waals surface area contributed by atoms with E-state index in [9.17, 15) is 27.9 Å². The van der Waals surface area contributed by atoms with Crippen LogP contribution in [0, 0.1) is 0 Å². The van der Waals surface area contributed by atoms with Gasteiger partial charge in [-0.1, -0.05) is 36.4 Å². The van der Waals surface area contributed by atoms with E-state index >= 15 is 0 Å². The minimum Gasteiger partial charge on any atom is -0.496 e. The van der Waals surface area contributed by atoms with E-state index in [2.05, 4.69) is 0 Å². The van der Waals surface area contributed by atoms with Crippen LogP contribution in [-0.4, -0.2) is 52.7 Å². The van der Waals surface area contributed by atoms with Gasteiger partial charge in [0.25, 0.3) is 11.8 Å². The number of rotatable bonds is 5. The van der Waals surface area contributed by atoms with Gasteiger partial charge < -0.3 is 24.2 Å². The van der Waals surface area contributed by atoms with Crippen LogP contribution in [-0.2, 0) is 19.3 Å². The molecule has 1 N–H and O–H groups in total. The summed E-state index contributed by atoms with van der Waals surface area (Å²) in [5.41, 5.74) is 2.41. The summed E-state index contributed by atoms with van der Waals surface area (Å²) in [7, 11) is 1.36. The molecule has 1 saturated heterocycles. The van der Waals surface area contributed by atoms with Crippen molar-refractivity contribution in [3.05, 3.63) is 107 Å². The van der Waals surface area contributed by atoms with Gasteiger partial charge in [-0.25, -0.2) is 0 Å². The van der Waals surface area contributed by atoms with Crippen molar-refractivity contribution >= 4 is 17.5 Å². The molecule has 7 nitrogen and oxygen atoms in total. The highest BCUT2D eigenvalue weighted by molar-refractivity contribution is 6.07. The molecular formula is C33H30F3N3O4. The van der Waals surface area contributed by atoms with E-state index in [0.717, 1.165) is 30.2 Å². The van der Waals surface area contributed by atoms with Gasteiger partial charge in [0.15, 0.2) is 0 Å². The molecule has 1 aromatic heterocycles. The van der Waals surface area contributed by atoms with E-state index < -0.39 is 11.7 Å². The van der Waals surface area contributed by atoms with Crippen molar-refractivity contribution in [1.82, 2.24) is 9.47 Å². The van der Waals surface area contributed by atoms with Gasteiger partial charge in [0.2, 0.25) is 0 Å². The summed E-state index contributed by atoms with van der Waals surface area (Å²) >= 11 is 0. The molecule has 1 atom stereocenters. The number of para-hydroxylation sites is 1. The number of fused-ring (bicyclic) bond motifs is 2. The lowest BCUT2D eigenvalue weighted by atomic mass is 9.97. The quantitative estimate of drug-likeness (QED) is 0.311. The van der Waals surface area contributed by atoms with Gasteiger partial charge in [0.05, 0.1) is 38.4 Å². The molecule has 0 spiro atoms. The van der Waals surface area contributed by atoms with Crippen LogP contribution < -0.4 is 9.64 Å². The number of amides is 2. The molecule has 0 radical (unpaired) electrons. The molecule has 222 valence electrons. The number of aromatic nitrogens is 1. The number of aliphatic hydroxyl groups excluding tert-OH is 1. The van der Waals surface area contributed by atoms with Crippen molar-refractivity contribution in [3.8, 4) is 16.9 Å². The van der Waals surface area contributed by atoms with Gasteiger partial charge in [-0.3, -0.25) is 9.59 Å². The maximum Gasteiger partial charge on any atom is 0.417 e. The zero-order valence-electron chi connectivity index (χ0n) is 23.5. The van der Waals surface area contributed by atoms with Crippen LogP contribution in [0.1, 0.15) is 50.5 Å². The summed E-state index contributed by atoms with van der Waals surface area (Å²) in [6, 6.07) is 20.5. The zero-order valence-corrected chi connectivity index (χ0v) is 23.5. The van der Waals surface area contributed by atoms with Crippen LogP contribution >= 0.6 is 0 Å². The number of aliphatic hydroxyl groups is 1. The van der Waals surface area contributed by atoms with Crippen LogP contribution in [0.2, 0.25) is 0 Å². The Labute approximate surface area is 246 Å². The Bertz CT molecular complexity index is 1700. The maximum atomic E-state index is 14.1. The number of anilines is 1. The normalized spacial score (nSPS) is 16.4. The topological polar surface area (TPSA) is 75.0 Å². The summed E-state index contributed by atoms with van der Waals surface area (Å²) in [4.78, 5) is 31.0. The van der Waals surface area contributed by atoms with E-state index in [1.807, 2.05) is 34.9 Å². The molecule has 4 aromatic rings. The summed E-state index contributed by atoms with van der Waals surface area (Å²) in [6.07, 6.45) is -2.97. The highest BCUT2D eigenvalue weighted by atomic mass is 19.4. The first-order chi connectivity index (χ1) is 20.7. The molecule has 3 aromatic carbocycles. The third-order valence-electron chi connectivity index (χ3n) is 8.29. The monoisotopic (exact) mass is 589 g/mol. The van der Waals surface area contributed by atoms with Gasteiger partial charge >= 0.3 is 6.18 Å². The highest BCUT2D eigenvalue weighted by Gasteiger charge is 2.35. The van der Waals surface area contributed by atoms with Gasteiger partial charge in [0, 0.05) is 29.1 Å². The molecule has 43 heavy (non-hydrogen) atoms. The van der Waals surface area contributed by atoms with Crippen molar-refractivity contribution in [2.45, 2.75) is 38.1 Å². The number of hydrogen-bond donors (Lipinski definition) is 1. The number of ether oxygens (including phenoxy) is 1. The lowest BCUT2D eigenvalue weighted by molar-refractivity contribution is -0.137. The molecule has 6 rings (SSSR count). The third-order valence-corrected chi connectivity index (χ3v) is 8.29. The van der Waals surface area contributed by atoms with Crippen molar-refractivity contribution in [2.24, 2.45) is 0 Å². The number of carbonyl (C=O) groups is 2. The van der Waals surface area contributed by atoms with E-state index in [-0.39, 0.29) is 53.4 Å². The van der Waals surface area contributed by atoms with Gasteiger partial charge in [-0.15, -0.1) is 0 Å². The molecule has 0 aliphatic carbocycles. The fraction of sp³-hybridized carbons (Fsp3) is 0.273. The highest BCUT2D eigenvalue weighted by Crippen LogP contribution is 2.41. The Balaban J connectivity index is 1.37. The second kappa shape index (κ2) is 11.3. The van der Waals surface area contributed by atoms with Crippen LogP contribution in [0.5, 0.6) is 5.75 Å². The van der Waals surface area contributed by atoms with Crippen LogP contribution in [0.4, 0.5) is 18.9 Å². The van der Waals surface area contributed by atoms with Crippen LogP contribution in [0.3, 0.4) is 0 Å². The number of methoxy groups -OCH3 is 1. The Morgan fingerprint density at radius 2 is 1.70 bits per heavy atom. The zero-order chi connectivity index (χ0) is 30.3. The number of nitrogens with zero attached hydrogens (tertiary/aromatic N) is 3. The second-order valence-corrected chi connectivity index (χ2v) is 10.8.